The van der Waals surface area contributed by atoms with Crippen molar-refractivity contribution in [3.63, 3.8) is 0 Å². The van der Waals surface area contributed by atoms with Crippen LogP contribution < -0.4 is 0 Å². The first-order chi connectivity index (χ1) is 9.61. The van der Waals surface area contributed by atoms with Crippen molar-refractivity contribution in [2.45, 2.75) is 39.2 Å². The monoisotopic (exact) mass is 299 g/mol. The van der Waals surface area contributed by atoms with E-state index in [4.69, 9.17) is 5.11 Å². The zero-order valence-electron chi connectivity index (χ0n) is 13.9. The smallest absolute Gasteiger partial charge is 0.323 e. The molecule has 0 radical (unpaired) electrons. The quantitative estimate of drug-likeness (QED) is 0.856. The number of carbonyl (C=O) groups excluding carboxylic acids is 1. The van der Waals surface area contributed by atoms with Gasteiger partial charge >= 0.3 is 12.0 Å². The van der Waals surface area contributed by atoms with Gasteiger partial charge in [0.05, 0.1) is 0 Å². The van der Waals surface area contributed by atoms with Gasteiger partial charge in [-0.2, -0.15) is 0 Å². The number of nitrogens with zero attached hydrogens (tertiary/aromatic N) is 3. The number of rotatable bonds is 4. The molecule has 6 heteroatoms. The highest BCUT2D eigenvalue weighted by Crippen LogP contribution is 2.19. The molecule has 0 atom stereocenters. The number of likely N-dealkylation sites (tertiary alicyclic amines) is 1. The molecule has 1 aliphatic heterocycles. The van der Waals surface area contributed by atoms with Crippen molar-refractivity contribution in [1.82, 2.24) is 14.7 Å². The summed E-state index contributed by atoms with van der Waals surface area (Å²) in [5.74, 6) is -0.479. The average molecular weight is 299 g/mol. The molecule has 0 saturated carbocycles. The Hall–Kier alpha value is -1.30. The van der Waals surface area contributed by atoms with Gasteiger partial charge in [0.2, 0.25) is 0 Å². The van der Waals surface area contributed by atoms with E-state index in [1.807, 2.05) is 20.8 Å². The van der Waals surface area contributed by atoms with E-state index in [0.29, 0.717) is 12.5 Å². The number of carboxylic acid groups (broad SMARTS) is 1. The van der Waals surface area contributed by atoms with Crippen LogP contribution in [0.1, 0.15) is 33.6 Å². The lowest BCUT2D eigenvalue weighted by molar-refractivity contribution is -0.138. The number of carbonyl (C=O) groups is 2. The van der Waals surface area contributed by atoms with Gasteiger partial charge < -0.3 is 19.8 Å². The molecule has 0 aromatic carbocycles. The van der Waals surface area contributed by atoms with Crippen molar-refractivity contribution in [3.8, 4) is 0 Å². The molecule has 1 saturated heterocycles. The number of hydrogen-bond acceptors (Lipinski definition) is 3. The maximum absolute atomic E-state index is 12.5. The molecular formula is C15H29N3O3. The molecule has 2 amide bonds. The molecule has 0 aromatic rings. The first kappa shape index (κ1) is 17.8. The van der Waals surface area contributed by atoms with Gasteiger partial charge in [-0.05, 0) is 59.7 Å². The average Bonchev–Trinajstić information content (AvgIpc) is 2.36. The fourth-order valence-electron chi connectivity index (χ4n) is 2.64. The number of aliphatic carboxylic acids is 1. The number of amides is 2. The standard InChI is InChI=1S/C15H29N3O3/c1-15(2,3)18(11-13(19)20)14(21)17(5)10-12-6-8-16(4)9-7-12/h12H,6-11H2,1-5H3,(H,19,20). The van der Waals surface area contributed by atoms with Gasteiger partial charge in [0, 0.05) is 19.1 Å². The fourth-order valence-corrected chi connectivity index (χ4v) is 2.64. The van der Waals surface area contributed by atoms with Crippen LogP contribution in [0.25, 0.3) is 0 Å². The SMILES string of the molecule is CN1CCC(CN(C)C(=O)N(CC(=O)O)C(C)(C)C)CC1. The van der Waals surface area contributed by atoms with Crippen LogP contribution in [0.5, 0.6) is 0 Å². The summed E-state index contributed by atoms with van der Waals surface area (Å²) in [6.45, 7) is 8.13. The predicted molar refractivity (Wildman–Crippen MR) is 82.3 cm³/mol. The summed E-state index contributed by atoms with van der Waals surface area (Å²) >= 11 is 0. The Balaban J connectivity index is 2.63. The number of piperidine rings is 1. The van der Waals surface area contributed by atoms with E-state index in [0.717, 1.165) is 25.9 Å². The molecule has 1 heterocycles. The van der Waals surface area contributed by atoms with Crippen LogP contribution in [0.4, 0.5) is 4.79 Å². The van der Waals surface area contributed by atoms with Crippen LogP contribution in [0.3, 0.4) is 0 Å². The Morgan fingerprint density at radius 3 is 2.19 bits per heavy atom. The van der Waals surface area contributed by atoms with Crippen LogP contribution in [0.15, 0.2) is 0 Å². The van der Waals surface area contributed by atoms with Crippen LogP contribution in [0.2, 0.25) is 0 Å². The number of carboxylic acids is 1. The summed E-state index contributed by atoms with van der Waals surface area (Å²) in [6, 6.07) is -0.205. The number of urea groups is 1. The largest absolute Gasteiger partial charge is 0.480 e. The molecule has 1 fully saturated rings. The highest BCUT2D eigenvalue weighted by atomic mass is 16.4. The minimum absolute atomic E-state index is 0.205. The molecule has 21 heavy (non-hydrogen) atoms. The van der Waals surface area contributed by atoms with E-state index in [2.05, 4.69) is 11.9 Å². The van der Waals surface area contributed by atoms with E-state index in [1.54, 1.807) is 11.9 Å². The number of hydrogen-bond donors (Lipinski definition) is 1. The minimum Gasteiger partial charge on any atom is -0.480 e. The molecule has 1 rings (SSSR count). The summed E-state index contributed by atoms with van der Waals surface area (Å²) in [7, 11) is 3.88. The van der Waals surface area contributed by atoms with Crippen molar-refractivity contribution >= 4 is 12.0 Å². The predicted octanol–water partition coefficient (Wildman–Crippen LogP) is 1.57. The van der Waals surface area contributed by atoms with Gasteiger partial charge in [-0.1, -0.05) is 0 Å². The van der Waals surface area contributed by atoms with Gasteiger partial charge in [0.15, 0.2) is 0 Å². The van der Waals surface area contributed by atoms with Crippen molar-refractivity contribution in [1.29, 1.82) is 0 Å². The first-order valence-corrected chi connectivity index (χ1v) is 7.54. The van der Waals surface area contributed by atoms with Gasteiger partial charge in [0.25, 0.3) is 0 Å². The zero-order chi connectivity index (χ0) is 16.2. The van der Waals surface area contributed by atoms with E-state index in [-0.39, 0.29) is 12.6 Å². The maximum atomic E-state index is 12.5. The van der Waals surface area contributed by atoms with Gasteiger partial charge in [-0.25, -0.2) is 4.79 Å². The fraction of sp³-hybridized carbons (Fsp3) is 0.867. The van der Waals surface area contributed by atoms with Gasteiger partial charge in [-0.3, -0.25) is 4.79 Å². The third-order valence-electron chi connectivity index (χ3n) is 4.03. The zero-order valence-corrected chi connectivity index (χ0v) is 13.9. The Kier molecular flexibility index (Phi) is 6.01. The highest BCUT2D eigenvalue weighted by molar-refractivity contribution is 5.80. The summed E-state index contributed by atoms with van der Waals surface area (Å²) in [4.78, 5) is 28.9. The molecule has 0 bridgehead atoms. The van der Waals surface area contributed by atoms with Crippen LogP contribution in [0, 0.1) is 5.92 Å². The molecule has 1 N–H and O–H groups in total. The van der Waals surface area contributed by atoms with E-state index in [9.17, 15) is 9.59 Å². The summed E-state index contributed by atoms with van der Waals surface area (Å²) in [6.07, 6.45) is 2.17. The van der Waals surface area contributed by atoms with Crippen LogP contribution >= 0.6 is 0 Å². The molecule has 1 aliphatic rings. The summed E-state index contributed by atoms with van der Waals surface area (Å²) in [5, 5.41) is 9.01. The van der Waals surface area contributed by atoms with Gasteiger partial charge in [0.1, 0.15) is 6.54 Å². The van der Waals surface area contributed by atoms with Crippen LogP contribution in [-0.4, -0.2) is 77.6 Å². The first-order valence-electron chi connectivity index (χ1n) is 7.54. The van der Waals surface area contributed by atoms with E-state index in [1.165, 1.54) is 4.90 Å². The topological polar surface area (TPSA) is 64.1 Å². The Morgan fingerprint density at radius 2 is 1.76 bits per heavy atom. The lowest BCUT2D eigenvalue weighted by Crippen LogP contribution is -2.53. The summed E-state index contributed by atoms with van der Waals surface area (Å²) in [5.41, 5.74) is -0.503. The second kappa shape index (κ2) is 7.11. The molecule has 6 nitrogen and oxygen atoms in total. The Morgan fingerprint density at radius 1 is 1.24 bits per heavy atom. The maximum Gasteiger partial charge on any atom is 0.323 e. The lowest BCUT2D eigenvalue weighted by atomic mass is 9.97. The van der Waals surface area contributed by atoms with Crippen molar-refractivity contribution in [3.05, 3.63) is 0 Å². The second-order valence-electron chi connectivity index (χ2n) is 7.06. The van der Waals surface area contributed by atoms with E-state index >= 15 is 0 Å². The van der Waals surface area contributed by atoms with Crippen molar-refractivity contribution in [2.24, 2.45) is 5.92 Å². The minimum atomic E-state index is -0.981. The third kappa shape index (κ3) is 5.53. The Bertz CT molecular complexity index is 371. The molecule has 0 unspecified atom stereocenters. The van der Waals surface area contributed by atoms with Gasteiger partial charge in [-0.15, -0.1) is 0 Å². The molecule has 0 aromatic heterocycles. The van der Waals surface area contributed by atoms with E-state index < -0.39 is 11.5 Å². The van der Waals surface area contributed by atoms with Crippen molar-refractivity contribution < 1.29 is 14.7 Å². The lowest BCUT2D eigenvalue weighted by Gasteiger charge is -2.39. The van der Waals surface area contributed by atoms with Crippen molar-refractivity contribution in [2.75, 3.05) is 40.3 Å². The highest BCUT2D eigenvalue weighted by Gasteiger charge is 2.31. The normalized spacial score (nSPS) is 17.6. The third-order valence-corrected chi connectivity index (χ3v) is 4.03. The molecule has 122 valence electrons. The molecular weight excluding hydrogens is 270 g/mol. The Labute approximate surface area is 127 Å². The van der Waals surface area contributed by atoms with Crippen LogP contribution in [-0.2, 0) is 4.79 Å². The summed E-state index contributed by atoms with van der Waals surface area (Å²) < 4.78 is 0. The molecule has 0 spiro atoms. The second-order valence-corrected chi connectivity index (χ2v) is 7.06. The molecule has 0 aliphatic carbocycles.